The van der Waals surface area contributed by atoms with Gasteiger partial charge in [-0.3, -0.25) is 9.59 Å². The van der Waals surface area contributed by atoms with Gasteiger partial charge in [0.2, 0.25) is 0 Å². The molecular formula is C9H12O2. The van der Waals surface area contributed by atoms with Crippen molar-refractivity contribution in [2.75, 3.05) is 0 Å². The third-order valence-corrected chi connectivity index (χ3v) is 3.14. The summed E-state index contributed by atoms with van der Waals surface area (Å²) < 4.78 is 0. The molecule has 0 radical (unpaired) electrons. The maximum Gasteiger partial charge on any atom is 0.146 e. The van der Waals surface area contributed by atoms with Gasteiger partial charge in [-0.1, -0.05) is 6.42 Å². The van der Waals surface area contributed by atoms with Gasteiger partial charge in [-0.15, -0.1) is 0 Å². The van der Waals surface area contributed by atoms with Crippen LogP contribution in [0.3, 0.4) is 0 Å². The standard InChI is InChI=1S/C9H12O2/c10-7-2-5-9(3-1-4-9)8(11)6-7/h1-6H2. The highest BCUT2D eigenvalue weighted by Gasteiger charge is 2.46. The SMILES string of the molecule is O=C1CCC2(CCC2)C(=O)C1. The van der Waals surface area contributed by atoms with Crippen molar-refractivity contribution < 1.29 is 9.59 Å². The van der Waals surface area contributed by atoms with E-state index in [1.807, 2.05) is 0 Å². The van der Waals surface area contributed by atoms with Crippen molar-refractivity contribution in [3.05, 3.63) is 0 Å². The maximum absolute atomic E-state index is 11.4. The Bertz CT molecular complexity index is 214. The summed E-state index contributed by atoms with van der Waals surface area (Å²) >= 11 is 0. The first kappa shape index (κ1) is 7.01. The first-order valence-corrected chi connectivity index (χ1v) is 4.28. The quantitative estimate of drug-likeness (QED) is 0.493. The van der Waals surface area contributed by atoms with Crippen LogP contribution in [0.2, 0.25) is 0 Å². The molecule has 0 aromatic heterocycles. The summed E-state index contributed by atoms with van der Waals surface area (Å²) in [6, 6.07) is 0. The number of ketones is 2. The molecule has 2 nitrogen and oxygen atoms in total. The molecule has 2 fully saturated rings. The zero-order chi connectivity index (χ0) is 7.90. The smallest absolute Gasteiger partial charge is 0.146 e. The average Bonchev–Trinajstić information content (AvgIpc) is 1.84. The number of hydrogen-bond acceptors (Lipinski definition) is 2. The number of hydrogen-bond donors (Lipinski definition) is 0. The summed E-state index contributed by atoms with van der Waals surface area (Å²) in [5.41, 5.74) is -0.0199. The van der Waals surface area contributed by atoms with E-state index in [2.05, 4.69) is 0 Å². The molecule has 0 amide bonds. The molecule has 2 saturated carbocycles. The third-order valence-electron chi connectivity index (χ3n) is 3.14. The molecular weight excluding hydrogens is 140 g/mol. The average molecular weight is 152 g/mol. The molecule has 0 bridgehead atoms. The van der Waals surface area contributed by atoms with E-state index in [1.54, 1.807) is 0 Å². The lowest BCUT2D eigenvalue weighted by Gasteiger charge is -2.42. The molecule has 1 spiro atoms. The highest BCUT2D eigenvalue weighted by Crippen LogP contribution is 2.48. The van der Waals surface area contributed by atoms with Crippen molar-refractivity contribution >= 4 is 11.6 Å². The molecule has 0 aliphatic heterocycles. The summed E-state index contributed by atoms with van der Waals surface area (Å²) in [7, 11) is 0. The van der Waals surface area contributed by atoms with Crippen molar-refractivity contribution in [3.8, 4) is 0 Å². The van der Waals surface area contributed by atoms with Crippen molar-refractivity contribution in [1.29, 1.82) is 0 Å². The van der Waals surface area contributed by atoms with Crippen LogP contribution in [0.1, 0.15) is 38.5 Å². The fraction of sp³-hybridized carbons (Fsp3) is 0.778. The van der Waals surface area contributed by atoms with Gasteiger partial charge < -0.3 is 0 Å². The van der Waals surface area contributed by atoms with E-state index >= 15 is 0 Å². The Morgan fingerprint density at radius 2 is 1.82 bits per heavy atom. The van der Waals surface area contributed by atoms with Crippen LogP contribution in [0.4, 0.5) is 0 Å². The van der Waals surface area contributed by atoms with Crippen LogP contribution in [-0.2, 0) is 9.59 Å². The monoisotopic (exact) mass is 152 g/mol. The Morgan fingerprint density at radius 3 is 2.27 bits per heavy atom. The van der Waals surface area contributed by atoms with Crippen LogP contribution in [0, 0.1) is 5.41 Å². The molecule has 0 aromatic carbocycles. The molecule has 2 aliphatic carbocycles. The molecule has 2 rings (SSSR count). The van der Waals surface area contributed by atoms with Gasteiger partial charge in [0.25, 0.3) is 0 Å². The minimum absolute atomic E-state index is 0.0199. The fourth-order valence-electron chi connectivity index (χ4n) is 2.11. The first-order chi connectivity index (χ1) is 5.23. The van der Waals surface area contributed by atoms with Gasteiger partial charge in [-0.2, -0.15) is 0 Å². The molecule has 11 heavy (non-hydrogen) atoms. The topological polar surface area (TPSA) is 34.1 Å². The maximum atomic E-state index is 11.4. The summed E-state index contributed by atoms with van der Waals surface area (Å²) in [5, 5.41) is 0. The van der Waals surface area contributed by atoms with Crippen LogP contribution < -0.4 is 0 Å². The third kappa shape index (κ3) is 0.924. The van der Waals surface area contributed by atoms with E-state index in [-0.39, 0.29) is 23.4 Å². The van der Waals surface area contributed by atoms with Gasteiger partial charge in [0.05, 0.1) is 6.42 Å². The molecule has 0 unspecified atom stereocenters. The van der Waals surface area contributed by atoms with E-state index < -0.39 is 0 Å². The minimum Gasteiger partial charge on any atom is -0.299 e. The summed E-state index contributed by atoms with van der Waals surface area (Å²) in [6.45, 7) is 0. The predicted molar refractivity (Wildman–Crippen MR) is 40.1 cm³/mol. The highest BCUT2D eigenvalue weighted by atomic mass is 16.2. The summed E-state index contributed by atoms with van der Waals surface area (Å²) in [6.07, 6.45) is 4.97. The zero-order valence-electron chi connectivity index (χ0n) is 6.56. The largest absolute Gasteiger partial charge is 0.299 e. The number of rotatable bonds is 0. The number of Topliss-reactive ketones (excluding diaryl/α,β-unsaturated/α-hetero) is 2. The Kier molecular flexibility index (Phi) is 1.38. The predicted octanol–water partition coefficient (Wildman–Crippen LogP) is 1.48. The van der Waals surface area contributed by atoms with E-state index in [0.29, 0.717) is 6.42 Å². The minimum atomic E-state index is -0.0199. The normalized spacial score (nSPS) is 28.7. The first-order valence-electron chi connectivity index (χ1n) is 4.28. The van der Waals surface area contributed by atoms with Crippen LogP contribution in [0.25, 0.3) is 0 Å². The molecule has 2 heteroatoms. The van der Waals surface area contributed by atoms with Gasteiger partial charge in [0.15, 0.2) is 0 Å². The lowest BCUT2D eigenvalue weighted by Crippen LogP contribution is -2.42. The van der Waals surface area contributed by atoms with E-state index in [1.165, 1.54) is 6.42 Å². The van der Waals surface area contributed by atoms with Crippen LogP contribution in [0.15, 0.2) is 0 Å². The summed E-state index contributed by atoms with van der Waals surface area (Å²) in [5.74, 6) is 0.368. The van der Waals surface area contributed by atoms with Crippen LogP contribution >= 0.6 is 0 Å². The van der Waals surface area contributed by atoms with Crippen molar-refractivity contribution in [3.63, 3.8) is 0 Å². The molecule has 0 saturated heterocycles. The second-order valence-electron chi connectivity index (χ2n) is 3.77. The lowest BCUT2D eigenvalue weighted by atomic mass is 9.60. The van der Waals surface area contributed by atoms with E-state index in [9.17, 15) is 9.59 Å². The molecule has 2 aliphatic rings. The van der Waals surface area contributed by atoms with E-state index in [0.717, 1.165) is 19.3 Å². The zero-order valence-corrected chi connectivity index (χ0v) is 6.56. The van der Waals surface area contributed by atoms with Crippen LogP contribution in [-0.4, -0.2) is 11.6 Å². The highest BCUT2D eigenvalue weighted by molar-refractivity contribution is 6.04. The second kappa shape index (κ2) is 2.16. The molecule has 0 heterocycles. The fourth-order valence-corrected chi connectivity index (χ4v) is 2.11. The molecule has 0 atom stereocenters. The second-order valence-corrected chi connectivity index (χ2v) is 3.77. The van der Waals surface area contributed by atoms with Gasteiger partial charge in [0.1, 0.15) is 11.6 Å². The van der Waals surface area contributed by atoms with Crippen molar-refractivity contribution in [1.82, 2.24) is 0 Å². The Balaban J connectivity index is 2.13. The Hall–Kier alpha value is -0.660. The van der Waals surface area contributed by atoms with E-state index in [4.69, 9.17) is 0 Å². The van der Waals surface area contributed by atoms with Crippen LogP contribution in [0.5, 0.6) is 0 Å². The Labute approximate surface area is 66.0 Å². The Morgan fingerprint density at radius 1 is 1.09 bits per heavy atom. The lowest BCUT2D eigenvalue weighted by molar-refractivity contribution is -0.142. The molecule has 0 aromatic rings. The van der Waals surface area contributed by atoms with Crippen molar-refractivity contribution in [2.24, 2.45) is 5.41 Å². The molecule has 60 valence electrons. The summed E-state index contributed by atoms with van der Waals surface area (Å²) in [4.78, 5) is 22.3. The van der Waals surface area contributed by atoms with Gasteiger partial charge in [-0.25, -0.2) is 0 Å². The number of carbonyl (C=O) groups is 2. The van der Waals surface area contributed by atoms with Crippen molar-refractivity contribution in [2.45, 2.75) is 38.5 Å². The number of carbonyl (C=O) groups excluding carboxylic acids is 2. The van der Waals surface area contributed by atoms with Gasteiger partial charge >= 0.3 is 0 Å². The van der Waals surface area contributed by atoms with Gasteiger partial charge in [0, 0.05) is 11.8 Å². The van der Waals surface area contributed by atoms with Gasteiger partial charge in [-0.05, 0) is 19.3 Å². The molecule has 0 N–H and O–H groups in total.